The van der Waals surface area contributed by atoms with Gasteiger partial charge in [-0.25, -0.2) is 9.18 Å². The molecule has 6 nitrogen and oxygen atoms in total. The van der Waals surface area contributed by atoms with Gasteiger partial charge in [0, 0.05) is 22.7 Å². The molecule has 7 heteroatoms. The van der Waals surface area contributed by atoms with E-state index >= 15 is 0 Å². The molecule has 1 heterocycles. The Balaban J connectivity index is 1.71. The molecule has 2 aromatic carbocycles. The van der Waals surface area contributed by atoms with Crippen molar-refractivity contribution in [3.05, 3.63) is 76.3 Å². The number of ether oxygens (including phenoxy) is 1. The number of aromatic amines is 1. The van der Waals surface area contributed by atoms with Gasteiger partial charge in [-0.1, -0.05) is 12.1 Å². The summed E-state index contributed by atoms with van der Waals surface area (Å²) in [5.41, 5.74) is 0.499. The first-order chi connectivity index (χ1) is 12.4. The molecule has 26 heavy (non-hydrogen) atoms. The second kappa shape index (κ2) is 7.18. The van der Waals surface area contributed by atoms with Crippen LogP contribution in [0, 0.1) is 5.82 Å². The van der Waals surface area contributed by atoms with Crippen molar-refractivity contribution < 1.29 is 18.7 Å². The van der Waals surface area contributed by atoms with E-state index in [1.807, 2.05) is 0 Å². The van der Waals surface area contributed by atoms with Crippen LogP contribution in [0.5, 0.6) is 0 Å². The van der Waals surface area contributed by atoms with Gasteiger partial charge in [-0.15, -0.1) is 0 Å². The Morgan fingerprint density at radius 3 is 2.54 bits per heavy atom. The predicted molar refractivity (Wildman–Crippen MR) is 94.5 cm³/mol. The Bertz CT molecular complexity index is 1030. The standard InChI is InChI=1S/C19H15FN2O4/c1-11(18(24)21-13-8-6-12(20)7-9-13)26-19(25)16-10-17(23)14-4-2-3-5-15(14)22-16/h2-11H,1H3,(H,21,24)(H,22,23)/t11-/m0/s1. The van der Waals surface area contributed by atoms with Crippen molar-refractivity contribution in [2.75, 3.05) is 5.32 Å². The molecule has 0 aliphatic heterocycles. The number of rotatable bonds is 4. The number of hydrogen-bond donors (Lipinski definition) is 2. The van der Waals surface area contributed by atoms with E-state index in [9.17, 15) is 18.8 Å². The number of carbonyl (C=O) groups is 2. The fraction of sp³-hybridized carbons (Fsp3) is 0.105. The number of carbonyl (C=O) groups excluding carboxylic acids is 2. The van der Waals surface area contributed by atoms with E-state index in [0.29, 0.717) is 16.6 Å². The van der Waals surface area contributed by atoms with Crippen LogP contribution >= 0.6 is 0 Å². The maximum Gasteiger partial charge on any atom is 0.355 e. The maximum absolute atomic E-state index is 12.9. The molecule has 0 saturated carbocycles. The molecule has 0 radical (unpaired) electrons. The molecule has 2 N–H and O–H groups in total. The zero-order valence-corrected chi connectivity index (χ0v) is 13.8. The molecule has 0 aliphatic carbocycles. The van der Waals surface area contributed by atoms with Gasteiger partial charge in [0.25, 0.3) is 5.91 Å². The Kier molecular flexibility index (Phi) is 4.79. The van der Waals surface area contributed by atoms with E-state index in [0.717, 1.165) is 6.07 Å². The first kappa shape index (κ1) is 17.3. The van der Waals surface area contributed by atoms with Gasteiger partial charge >= 0.3 is 5.97 Å². The predicted octanol–water partition coefficient (Wildman–Crippen LogP) is 2.85. The van der Waals surface area contributed by atoms with E-state index in [1.165, 1.54) is 31.2 Å². The highest BCUT2D eigenvalue weighted by Gasteiger charge is 2.20. The van der Waals surface area contributed by atoms with Crippen molar-refractivity contribution in [1.82, 2.24) is 4.98 Å². The van der Waals surface area contributed by atoms with E-state index in [4.69, 9.17) is 4.74 Å². The molecule has 0 aliphatic rings. The Morgan fingerprint density at radius 1 is 1.12 bits per heavy atom. The summed E-state index contributed by atoms with van der Waals surface area (Å²) in [7, 11) is 0. The monoisotopic (exact) mass is 354 g/mol. The number of hydrogen-bond acceptors (Lipinski definition) is 4. The molecule has 0 bridgehead atoms. The van der Waals surface area contributed by atoms with Crippen LogP contribution in [0.15, 0.2) is 59.4 Å². The van der Waals surface area contributed by atoms with Crippen LogP contribution in [0.2, 0.25) is 0 Å². The summed E-state index contributed by atoms with van der Waals surface area (Å²) in [4.78, 5) is 39.2. The summed E-state index contributed by atoms with van der Waals surface area (Å²) in [5, 5.41) is 2.96. The summed E-state index contributed by atoms with van der Waals surface area (Å²) in [6.45, 7) is 1.40. The zero-order valence-electron chi connectivity index (χ0n) is 13.8. The molecular formula is C19H15FN2O4. The van der Waals surface area contributed by atoms with Gasteiger partial charge in [0.05, 0.1) is 0 Å². The summed E-state index contributed by atoms with van der Waals surface area (Å²) in [5.74, 6) is -1.83. The van der Waals surface area contributed by atoms with Crippen molar-refractivity contribution in [2.24, 2.45) is 0 Å². The minimum atomic E-state index is -1.11. The van der Waals surface area contributed by atoms with Gasteiger partial charge in [0.15, 0.2) is 11.5 Å². The number of para-hydroxylation sites is 1. The van der Waals surface area contributed by atoms with Crippen LogP contribution in [0.25, 0.3) is 10.9 Å². The molecule has 0 spiro atoms. The summed E-state index contributed by atoms with van der Waals surface area (Å²) in [6, 6.07) is 13.1. The maximum atomic E-state index is 12.9. The van der Waals surface area contributed by atoms with Crippen molar-refractivity contribution in [1.29, 1.82) is 0 Å². The quantitative estimate of drug-likeness (QED) is 0.705. The Labute approximate surface area is 147 Å². The van der Waals surface area contributed by atoms with Crippen LogP contribution < -0.4 is 10.7 Å². The average Bonchev–Trinajstić information content (AvgIpc) is 2.63. The molecule has 3 aromatic rings. The number of H-pyrrole nitrogens is 1. The van der Waals surface area contributed by atoms with Crippen LogP contribution in [0.1, 0.15) is 17.4 Å². The van der Waals surface area contributed by atoms with Crippen LogP contribution in [-0.2, 0) is 9.53 Å². The van der Waals surface area contributed by atoms with Crippen molar-refractivity contribution in [3.8, 4) is 0 Å². The highest BCUT2D eigenvalue weighted by atomic mass is 19.1. The third kappa shape index (κ3) is 3.77. The van der Waals surface area contributed by atoms with E-state index in [1.54, 1.807) is 24.3 Å². The number of amides is 1. The number of anilines is 1. The number of aromatic nitrogens is 1. The summed E-state index contributed by atoms with van der Waals surface area (Å²) in [6.07, 6.45) is -1.11. The molecular weight excluding hydrogens is 339 g/mol. The topological polar surface area (TPSA) is 88.3 Å². The SMILES string of the molecule is C[C@H](OC(=O)c1cc(=O)c2ccccc2[nH]1)C(=O)Nc1ccc(F)cc1. The molecule has 1 atom stereocenters. The third-order valence-corrected chi connectivity index (χ3v) is 3.72. The second-order valence-electron chi connectivity index (χ2n) is 5.64. The summed E-state index contributed by atoms with van der Waals surface area (Å²) >= 11 is 0. The van der Waals surface area contributed by atoms with Gasteiger partial charge in [-0.3, -0.25) is 9.59 Å². The molecule has 1 amide bonds. The van der Waals surface area contributed by atoms with Gasteiger partial charge in [0.1, 0.15) is 11.5 Å². The number of halogens is 1. The molecule has 0 unspecified atom stereocenters. The first-order valence-corrected chi connectivity index (χ1v) is 7.83. The Morgan fingerprint density at radius 2 is 1.81 bits per heavy atom. The largest absolute Gasteiger partial charge is 0.448 e. The van der Waals surface area contributed by atoms with E-state index in [2.05, 4.69) is 10.3 Å². The lowest BCUT2D eigenvalue weighted by atomic mass is 10.2. The average molecular weight is 354 g/mol. The number of fused-ring (bicyclic) bond motifs is 1. The number of pyridine rings is 1. The van der Waals surface area contributed by atoms with Gasteiger partial charge < -0.3 is 15.0 Å². The summed E-state index contributed by atoms with van der Waals surface area (Å²) < 4.78 is 18.0. The van der Waals surface area contributed by atoms with E-state index < -0.39 is 23.8 Å². The molecule has 0 saturated heterocycles. The third-order valence-electron chi connectivity index (χ3n) is 3.72. The van der Waals surface area contributed by atoms with Crippen LogP contribution in [-0.4, -0.2) is 23.0 Å². The lowest BCUT2D eigenvalue weighted by Gasteiger charge is -2.13. The first-order valence-electron chi connectivity index (χ1n) is 7.83. The lowest BCUT2D eigenvalue weighted by Crippen LogP contribution is -2.30. The molecule has 0 fully saturated rings. The zero-order chi connectivity index (χ0) is 18.7. The molecule has 1 aromatic heterocycles. The van der Waals surface area contributed by atoms with Crippen molar-refractivity contribution >= 4 is 28.5 Å². The highest BCUT2D eigenvalue weighted by molar-refractivity contribution is 5.97. The van der Waals surface area contributed by atoms with Gasteiger partial charge in [-0.05, 0) is 43.3 Å². The number of esters is 1. The van der Waals surface area contributed by atoms with Gasteiger partial charge in [0.2, 0.25) is 0 Å². The van der Waals surface area contributed by atoms with E-state index in [-0.39, 0.29) is 11.1 Å². The van der Waals surface area contributed by atoms with Crippen LogP contribution in [0.3, 0.4) is 0 Å². The molecule has 132 valence electrons. The van der Waals surface area contributed by atoms with Crippen molar-refractivity contribution in [3.63, 3.8) is 0 Å². The molecule has 3 rings (SSSR count). The number of benzene rings is 2. The second-order valence-corrected chi connectivity index (χ2v) is 5.64. The van der Waals surface area contributed by atoms with Crippen LogP contribution in [0.4, 0.5) is 10.1 Å². The minimum Gasteiger partial charge on any atom is -0.448 e. The smallest absolute Gasteiger partial charge is 0.355 e. The highest BCUT2D eigenvalue weighted by Crippen LogP contribution is 2.11. The van der Waals surface area contributed by atoms with Gasteiger partial charge in [-0.2, -0.15) is 0 Å². The Hall–Kier alpha value is -3.48. The minimum absolute atomic E-state index is 0.0462. The fourth-order valence-electron chi connectivity index (χ4n) is 2.36. The number of nitrogens with one attached hydrogen (secondary N) is 2. The lowest BCUT2D eigenvalue weighted by molar-refractivity contribution is -0.123. The normalized spacial score (nSPS) is 11.8. The fourth-order valence-corrected chi connectivity index (χ4v) is 2.36. The van der Waals surface area contributed by atoms with Crippen molar-refractivity contribution in [2.45, 2.75) is 13.0 Å².